The van der Waals surface area contributed by atoms with E-state index < -0.39 is 0 Å². The van der Waals surface area contributed by atoms with Crippen molar-refractivity contribution in [2.45, 2.75) is 9.79 Å². The number of nitrogens with one attached hydrogen (secondary N) is 1. The lowest BCUT2D eigenvalue weighted by molar-refractivity contribution is 1.10. The fraction of sp³-hybridized carbons (Fsp3) is 0. The average molecular weight is 344 g/mol. The number of pyridine rings is 1. The van der Waals surface area contributed by atoms with E-state index in [4.69, 9.17) is 5.73 Å². The number of aromatic amines is 1. The first-order chi connectivity index (χ1) is 12.3. The van der Waals surface area contributed by atoms with Gasteiger partial charge in [-0.05, 0) is 54.6 Å². The smallest absolute Gasteiger partial charge is 0.0928 e. The largest absolute Gasteiger partial charge is 0.398 e. The zero-order chi connectivity index (χ0) is 17.1. The Balaban J connectivity index is 1.61. The number of nitrogens with zero attached hydrogens (tertiary/aromatic N) is 2. The topological polar surface area (TPSA) is 67.6 Å². The molecule has 0 bridgehead atoms. The molecule has 0 aliphatic carbocycles. The van der Waals surface area contributed by atoms with E-state index in [0.717, 1.165) is 37.8 Å². The number of anilines is 1. The molecule has 0 aliphatic rings. The number of nitrogen functional groups attached to an aromatic ring is 1. The first kappa shape index (κ1) is 15.5. The van der Waals surface area contributed by atoms with Crippen LogP contribution in [0.5, 0.6) is 0 Å². The predicted molar refractivity (Wildman–Crippen MR) is 104 cm³/mol. The highest BCUT2D eigenvalue weighted by Gasteiger charge is 2.06. The van der Waals surface area contributed by atoms with Crippen LogP contribution in [0.2, 0.25) is 0 Å². The van der Waals surface area contributed by atoms with E-state index in [1.54, 1.807) is 18.0 Å². The number of nitrogens with two attached hydrogens (primary N) is 1. The minimum Gasteiger partial charge on any atom is -0.398 e. The zero-order valence-corrected chi connectivity index (χ0v) is 14.2. The standard InChI is InChI=1S/C20H16N4S/c21-17-6-1-2-7-20(17)25-15-9-10-16-18(23-24-19(16)13-15)11-8-14-5-3-4-12-22-14/h1-13H,21H2,(H,23,24)/b11-8+. The van der Waals surface area contributed by atoms with Crippen LogP contribution in [0, 0.1) is 0 Å². The molecule has 122 valence electrons. The number of hydrogen-bond donors (Lipinski definition) is 2. The van der Waals surface area contributed by atoms with Crippen molar-refractivity contribution in [3.05, 3.63) is 78.2 Å². The van der Waals surface area contributed by atoms with Crippen molar-refractivity contribution in [2.24, 2.45) is 0 Å². The molecule has 2 aromatic carbocycles. The molecular formula is C20H16N4S. The van der Waals surface area contributed by atoms with E-state index >= 15 is 0 Å². The summed E-state index contributed by atoms with van der Waals surface area (Å²) in [6, 6.07) is 20.0. The number of para-hydroxylation sites is 1. The van der Waals surface area contributed by atoms with Gasteiger partial charge in [0, 0.05) is 27.1 Å². The first-order valence-electron chi connectivity index (χ1n) is 7.89. The molecule has 0 radical (unpaired) electrons. The summed E-state index contributed by atoms with van der Waals surface area (Å²) >= 11 is 1.65. The molecule has 2 heterocycles. The monoisotopic (exact) mass is 344 g/mol. The summed E-state index contributed by atoms with van der Waals surface area (Å²) in [5, 5.41) is 8.58. The van der Waals surface area contributed by atoms with Crippen LogP contribution in [0.4, 0.5) is 5.69 Å². The first-order valence-corrected chi connectivity index (χ1v) is 8.71. The predicted octanol–water partition coefficient (Wildman–Crippen LogP) is 4.86. The lowest BCUT2D eigenvalue weighted by Gasteiger charge is -2.04. The van der Waals surface area contributed by atoms with Gasteiger partial charge >= 0.3 is 0 Å². The summed E-state index contributed by atoms with van der Waals surface area (Å²) in [6.07, 6.45) is 5.72. The van der Waals surface area contributed by atoms with Gasteiger partial charge in [-0.3, -0.25) is 10.1 Å². The van der Waals surface area contributed by atoms with Crippen LogP contribution in [-0.4, -0.2) is 15.2 Å². The molecule has 0 spiro atoms. The van der Waals surface area contributed by atoms with Crippen LogP contribution in [0.25, 0.3) is 23.1 Å². The summed E-state index contributed by atoms with van der Waals surface area (Å²) in [7, 11) is 0. The molecule has 0 saturated carbocycles. The van der Waals surface area contributed by atoms with Crippen LogP contribution in [0.3, 0.4) is 0 Å². The highest BCUT2D eigenvalue weighted by Crippen LogP contribution is 2.33. The Morgan fingerprint density at radius 2 is 1.84 bits per heavy atom. The summed E-state index contributed by atoms with van der Waals surface area (Å²) < 4.78 is 0. The van der Waals surface area contributed by atoms with Gasteiger partial charge in [-0.25, -0.2) is 0 Å². The fourth-order valence-electron chi connectivity index (χ4n) is 2.55. The molecule has 0 atom stereocenters. The van der Waals surface area contributed by atoms with Crippen molar-refractivity contribution < 1.29 is 0 Å². The Morgan fingerprint density at radius 3 is 2.68 bits per heavy atom. The molecule has 0 unspecified atom stereocenters. The average Bonchev–Trinajstić information content (AvgIpc) is 3.05. The maximum Gasteiger partial charge on any atom is 0.0928 e. The summed E-state index contributed by atoms with van der Waals surface area (Å²) in [4.78, 5) is 6.46. The van der Waals surface area contributed by atoms with Gasteiger partial charge in [-0.2, -0.15) is 5.10 Å². The maximum absolute atomic E-state index is 6.02. The quantitative estimate of drug-likeness (QED) is 0.519. The second-order valence-corrected chi connectivity index (χ2v) is 6.66. The van der Waals surface area contributed by atoms with Crippen LogP contribution in [-0.2, 0) is 0 Å². The molecule has 4 rings (SSSR count). The minimum absolute atomic E-state index is 0.788. The van der Waals surface area contributed by atoms with Crippen molar-refractivity contribution in [3.63, 3.8) is 0 Å². The Kier molecular flexibility index (Phi) is 4.23. The van der Waals surface area contributed by atoms with Crippen molar-refractivity contribution in [1.82, 2.24) is 15.2 Å². The normalized spacial score (nSPS) is 11.4. The van der Waals surface area contributed by atoms with Crippen molar-refractivity contribution in [3.8, 4) is 0 Å². The number of aromatic nitrogens is 3. The third-order valence-corrected chi connectivity index (χ3v) is 4.89. The van der Waals surface area contributed by atoms with Crippen molar-refractivity contribution in [2.75, 3.05) is 5.73 Å². The van der Waals surface area contributed by atoms with Crippen molar-refractivity contribution in [1.29, 1.82) is 0 Å². The molecule has 0 aliphatic heterocycles. The highest BCUT2D eigenvalue weighted by atomic mass is 32.2. The Bertz CT molecular complexity index is 1040. The SMILES string of the molecule is Nc1ccccc1Sc1ccc2c(/C=C/c3ccccn3)n[nH]c2c1. The maximum atomic E-state index is 6.02. The number of fused-ring (bicyclic) bond motifs is 1. The molecule has 0 saturated heterocycles. The van der Waals surface area contributed by atoms with E-state index in [2.05, 4.69) is 33.4 Å². The second-order valence-electron chi connectivity index (χ2n) is 5.54. The van der Waals surface area contributed by atoms with Crippen molar-refractivity contribution >= 4 is 40.5 Å². The molecule has 3 N–H and O–H groups in total. The molecule has 0 amide bonds. The Morgan fingerprint density at radius 1 is 0.960 bits per heavy atom. The van der Waals surface area contributed by atoms with Gasteiger partial charge in [-0.15, -0.1) is 0 Å². The number of hydrogen-bond acceptors (Lipinski definition) is 4. The van der Waals surface area contributed by atoms with Crippen LogP contribution >= 0.6 is 11.8 Å². The van der Waals surface area contributed by atoms with Crippen LogP contribution in [0.15, 0.2) is 76.7 Å². The molecule has 2 aromatic heterocycles. The van der Waals surface area contributed by atoms with E-state index in [-0.39, 0.29) is 0 Å². The van der Waals surface area contributed by atoms with Gasteiger partial charge in [0.05, 0.1) is 16.9 Å². The summed E-state index contributed by atoms with van der Waals surface area (Å²) in [5.74, 6) is 0. The lowest BCUT2D eigenvalue weighted by Crippen LogP contribution is -1.86. The van der Waals surface area contributed by atoms with E-state index in [1.807, 2.05) is 54.6 Å². The van der Waals surface area contributed by atoms with E-state index in [9.17, 15) is 0 Å². The zero-order valence-electron chi connectivity index (χ0n) is 13.4. The summed E-state index contributed by atoms with van der Waals surface area (Å²) in [5.41, 5.74) is 9.62. The van der Waals surface area contributed by atoms with Gasteiger partial charge in [0.2, 0.25) is 0 Å². The van der Waals surface area contributed by atoms with Gasteiger partial charge in [-0.1, -0.05) is 30.0 Å². The molecular weight excluding hydrogens is 328 g/mol. The Hall–Kier alpha value is -3.05. The number of rotatable bonds is 4. The van der Waals surface area contributed by atoms with Gasteiger partial charge < -0.3 is 5.73 Å². The Labute approximate surface area is 149 Å². The van der Waals surface area contributed by atoms with Gasteiger partial charge in [0.1, 0.15) is 0 Å². The second kappa shape index (κ2) is 6.83. The molecule has 4 nitrogen and oxygen atoms in total. The lowest BCUT2D eigenvalue weighted by atomic mass is 10.2. The third kappa shape index (κ3) is 3.41. The molecule has 0 fully saturated rings. The van der Waals surface area contributed by atoms with E-state index in [1.165, 1.54) is 0 Å². The molecule has 5 heteroatoms. The van der Waals surface area contributed by atoms with E-state index in [0.29, 0.717) is 0 Å². The summed E-state index contributed by atoms with van der Waals surface area (Å²) in [6.45, 7) is 0. The molecule has 25 heavy (non-hydrogen) atoms. The number of H-pyrrole nitrogens is 1. The van der Waals surface area contributed by atoms with Crippen LogP contribution < -0.4 is 5.73 Å². The fourth-order valence-corrected chi connectivity index (χ4v) is 3.45. The van der Waals surface area contributed by atoms with Crippen LogP contribution in [0.1, 0.15) is 11.4 Å². The molecule has 4 aromatic rings. The highest BCUT2D eigenvalue weighted by molar-refractivity contribution is 7.99. The third-order valence-electron chi connectivity index (χ3n) is 3.81. The minimum atomic E-state index is 0.788. The van der Waals surface area contributed by atoms with Gasteiger partial charge in [0.25, 0.3) is 0 Å². The van der Waals surface area contributed by atoms with Gasteiger partial charge in [0.15, 0.2) is 0 Å². The number of benzene rings is 2.